The first kappa shape index (κ1) is 23.0. The Morgan fingerprint density at radius 2 is 1.56 bits per heavy atom. The molecule has 5 rings (SSSR count). The van der Waals surface area contributed by atoms with E-state index < -0.39 is 29.8 Å². The van der Waals surface area contributed by atoms with E-state index in [-0.39, 0.29) is 29.0 Å². The van der Waals surface area contributed by atoms with Crippen LogP contribution in [0, 0.1) is 0 Å². The molecule has 0 fully saturated rings. The summed E-state index contributed by atoms with van der Waals surface area (Å²) in [5.41, 5.74) is 1.80. The van der Waals surface area contributed by atoms with Crippen molar-refractivity contribution in [2.24, 2.45) is 0 Å². The van der Waals surface area contributed by atoms with Crippen LogP contribution in [0.15, 0.2) is 77.2 Å². The lowest BCUT2D eigenvalue weighted by Gasteiger charge is -2.20. The number of benzene rings is 3. The summed E-state index contributed by atoms with van der Waals surface area (Å²) in [5, 5.41) is 0.408. The summed E-state index contributed by atoms with van der Waals surface area (Å²) in [4.78, 5) is 52.1. The molecule has 0 N–H and O–H groups in total. The zero-order valence-electron chi connectivity index (χ0n) is 19.5. The molecule has 1 atom stereocenters. The Bertz CT molecular complexity index is 1480. The molecule has 2 amide bonds. The van der Waals surface area contributed by atoms with Crippen LogP contribution in [-0.4, -0.2) is 41.3 Å². The van der Waals surface area contributed by atoms with E-state index >= 15 is 0 Å². The highest BCUT2D eigenvalue weighted by Crippen LogP contribution is 2.36. The average Bonchev–Trinajstić information content (AvgIpc) is 3.39. The van der Waals surface area contributed by atoms with E-state index in [0.717, 1.165) is 4.90 Å². The molecule has 2 heterocycles. The van der Waals surface area contributed by atoms with Gasteiger partial charge in [0.15, 0.2) is 0 Å². The quantitative estimate of drug-likeness (QED) is 0.219. The molecule has 36 heavy (non-hydrogen) atoms. The first-order valence-electron chi connectivity index (χ1n) is 11.4. The number of hydrogen-bond donors (Lipinski definition) is 0. The van der Waals surface area contributed by atoms with Crippen LogP contribution in [0.25, 0.3) is 22.3 Å². The van der Waals surface area contributed by atoms with E-state index in [1.54, 1.807) is 37.3 Å². The molecule has 8 heteroatoms. The topological polar surface area (TPSA) is 103 Å². The van der Waals surface area contributed by atoms with Crippen molar-refractivity contribution in [3.63, 3.8) is 0 Å². The van der Waals surface area contributed by atoms with Gasteiger partial charge >= 0.3 is 11.9 Å². The molecule has 3 aromatic carbocycles. The van der Waals surface area contributed by atoms with Crippen molar-refractivity contribution in [3.05, 3.63) is 89.5 Å². The minimum atomic E-state index is -1.16. The minimum Gasteiger partial charge on any atom is -0.462 e. The monoisotopic (exact) mass is 483 g/mol. The molecule has 1 aliphatic heterocycles. The number of amides is 2. The Labute approximate surface area is 206 Å². The molecular formula is C28H21NO7. The van der Waals surface area contributed by atoms with Crippen molar-refractivity contribution in [1.29, 1.82) is 0 Å². The number of rotatable bonds is 6. The fourth-order valence-electron chi connectivity index (χ4n) is 4.21. The molecule has 0 radical (unpaired) electrons. The van der Waals surface area contributed by atoms with E-state index in [2.05, 4.69) is 0 Å². The van der Waals surface area contributed by atoms with Gasteiger partial charge in [-0.3, -0.25) is 14.5 Å². The molecule has 0 spiro atoms. The fourth-order valence-corrected chi connectivity index (χ4v) is 4.21. The number of hydrogen-bond acceptors (Lipinski definition) is 7. The van der Waals surface area contributed by atoms with Crippen LogP contribution in [0.1, 0.15) is 44.9 Å². The third kappa shape index (κ3) is 3.82. The van der Waals surface area contributed by atoms with Crippen LogP contribution in [-0.2, 0) is 9.53 Å². The summed E-state index contributed by atoms with van der Waals surface area (Å²) in [6.45, 7) is 3.31. The molecule has 1 aromatic heterocycles. The van der Waals surface area contributed by atoms with Crippen LogP contribution in [0.3, 0.4) is 0 Å². The number of nitrogens with zero attached hydrogens (tertiary/aromatic N) is 1. The number of carbonyl (C=O) groups excluding carboxylic acids is 4. The lowest BCUT2D eigenvalue weighted by molar-refractivity contribution is -0.138. The maximum absolute atomic E-state index is 12.9. The molecule has 180 valence electrons. The number of imide groups is 1. The average molecular weight is 483 g/mol. The molecule has 0 unspecified atom stereocenters. The van der Waals surface area contributed by atoms with E-state index in [4.69, 9.17) is 13.9 Å². The van der Waals surface area contributed by atoms with Gasteiger partial charge in [0, 0.05) is 10.9 Å². The molecule has 1 aliphatic rings. The maximum atomic E-state index is 12.9. The van der Waals surface area contributed by atoms with Crippen LogP contribution in [0.5, 0.6) is 5.75 Å². The molecule has 4 aromatic rings. The van der Waals surface area contributed by atoms with Gasteiger partial charge in [-0.25, -0.2) is 9.59 Å². The number of furan rings is 1. The maximum Gasteiger partial charge on any atom is 0.342 e. The van der Waals surface area contributed by atoms with Gasteiger partial charge in [-0.1, -0.05) is 42.5 Å². The summed E-state index contributed by atoms with van der Waals surface area (Å²) < 4.78 is 16.7. The summed E-state index contributed by atoms with van der Waals surface area (Å²) in [7, 11) is 0. The van der Waals surface area contributed by atoms with Gasteiger partial charge in [0.1, 0.15) is 28.7 Å². The second kappa shape index (κ2) is 9.14. The highest BCUT2D eigenvalue weighted by atomic mass is 16.5. The number of ether oxygens (including phenoxy) is 2. The molecular weight excluding hydrogens is 462 g/mol. The number of carbonyl (C=O) groups is 4. The van der Waals surface area contributed by atoms with E-state index in [1.165, 1.54) is 19.1 Å². The first-order chi connectivity index (χ1) is 17.4. The third-order valence-electron chi connectivity index (χ3n) is 5.95. The predicted molar refractivity (Wildman–Crippen MR) is 130 cm³/mol. The lowest BCUT2D eigenvalue weighted by atomic mass is 10.1. The van der Waals surface area contributed by atoms with E-state index in [9.17, 15) is 19.2 Å². The first-order valence-corrected chi connectivity index (χ1v) is 11.4. The van der Waals surface area contributed by atoms with Crippen molar-refractivity contribution in [3.8, 4) is 17.1 Å². The Balaban J connectivity index is 1.46. The Morgan fingerprint density at radius 1 is 0.917 bits per heavy atom. The molecule has 8 nitrogen and oxygen atoms in total. The van der Waals surface area contributed by atoms with Gasteiger partial charge in [0.2, 0.25) is 0 Å². The van der Waals surface area contributed by atoms with Gasteiger partial charge in [0.25, 0.3) is 11.8 Å². The van der Waals surface area contributed by atoms with Crippen molar-refractivity contribution < 1.29 is 33.1 Å². The van der Waals surface area contributed by atoms with Gasteiger partial charge < -0.3 is 13.9 Å². The molecule has 0 saturated heterocycles. The fraction of sp³-hybridized carbons (Fsp3) is 0.143. The normalized spacial score (nSPS) is 13.6. The summed E-state index contributed by atoms with van der Waals surface area (Å²) in [6.07, 6.45) is 0. The molecule has 0 saturated carbocycles. The number of esters is 2. The number of fused-ring (bicyclic) bond motifs is 2. The van der Waals surface area contributed by atoms with Crippen LogP contribution >= 0.6 is 0 Å². The van der Waals surface area contributed by atoms with Gasteiger partial charge in [-0.05, 0) is 44.2 Å². The van der Waals surface area contributed by atoms with Gasteiger partial charge in [-0.15, -0.1) is 0 Å². The highest BCUT2D eigenvalue weighted by Gasteiger charge is 2.41. The summed E-state index contributed by atoms with van der Waals surface area (Å²) in [5.74, 6) is -2.01. The molecule has 0 bridgehead atoms. The second-order valence-electron chi connectivity index (χ2n) is 8.17. The summed E-state index contributed by atoms with van der Waals surface area (Å²) in [6, 6.07) is 19.0. The van der Waals surface area contributed by atoms with Crippen molar-refractivity contribution in [1.82, 2.24) is 4.90 Å². The lowest BCUT2D eigenvalue weighted by Crippen LogP contribution is -2.44. The summed E-state index contributed by atoms with van der Waals surface area (Å²) >= 11 is 0. The van der Waals surface area contributed by atoms with E-state index in [0.29, 0.717) is 22.3 Å². The Hall–Kier alpha value is -4.72. The third-order valence-corrected chi connectivity index (χ3v) is 5.95. The zero-order chi connectivity index (χ0) is 25.4. The van der Waals surface area contributed by atoms with Crippen LogP contribution in [0.2, 0.25) is 0 Å². The predicted octanol–water partition coefficient (Wildman–Crippen LogP) is 4.87. The van der Waals surface area contributed by atoms with Crippen LogP contribution in [0.4, 0.5) is 0 Å². The van der Waals surface area contributed by atoms with E-state index in [1.807, 2.05) is 30.3 Å². The van der Waals surface area contributed by atoms with Crippen molar-refractivity contribution >= 4 is 34.7 Å². The SMILES string of the molecule is CCOC(=O)c1c(-c2ccccc2)oc2ccc(OC(=O)[C@H](C)N3C(=O)c4ccccc4C3=O)cc12. The minimum absolute atomic E-state index is 0.127. The standard InChI is InChI=1S/C28H21NO7/c1-3-34-28(33)23-21-15-18(13-14-22(21)36-24(23)17-9-5-4-6-10-17)35-27(32)16(2)29-25(30)19-11-7-8-12-20(19)26(29)31/h4-16H,3H2,1-2H3/t16-/m0/s1. The van der Waals surface area contributed by atoms with Gasteiger partial charge in [-0.2, -0.15) is 0 Å². The Morgan fingerprint density at radius 3 is 2.19 bits per heavy atom. The zero-order valence-corrected chi connectivity index (χ0v) is 19.5. The van der Waals surface area contributed by atoms with Crippen LogP contribution < -0.4 is 4.74 Å². The highest BCUT2D eigenvalue weighted by molar-refractivity contribution is 6.22. The Kier molecular flexibility index (Phi) is 5.85. The van der Waals surface area contributed by atoms with Crippen molar-refractivity contribution in [2.75, 3.05) is 6.61 Å². The largest absolute Gasteiger partial charge is 0.462 e. The van der Waals surface area contributed by atoms with Gasteiger partial charge in [0.05, 0.1) is 17.7 Å². The van der Waals surface area contributed by atoms with Crippen molar-refractivity contribution in [2.45, 2.75) is 19.9 Å². The molecule has 0 aliphatic carbocycles. The smallest absolute Gasteiger partial charge is 0.342 e. The second-order valence-corrected chi connectivity index (χ2v) is 8.17.